The van der Waals surface area contributed by atoms with Crippen LogP contribution in [0.1, 0.15) is 40.8 Å². The summed E-state index contributed by atoms with van der Waals surface area (Å²) < 4.78 is 10.6. The highest BCUT2D eigenvalue weighted by atomic mass is 16.6. The second-order valence-electron chi connectivity index (χ2n) is 6.00. The van der Waals surface area contributed by atoms with Crippen LogP contribution in [0.15, 0.2) is 47.1 Å². The number of likely N-dealkylation sites (tertiary alicyclic amines) is 1. The number of ether oxygens (including phenoxy) is 1. The quantitative estimate of drug-likeness (QED) is 0.857. The Bertz CT molecular complexity index is 830. The molecule has 2 aliphatic rings. The summed E-state index contributed by atoms with van der Waals surface area (Å²) in [6, 6.07) is 9.74. The summed E-state index contributed by atoms with van der Waals surface area (Å²) in [7, 11) is 0. The van der Waals surface area contributed by atoms with E-state index in [9.17, 15) is 14.4 Å². The summed E-state index contributed by atoms with van der Waals surface area (Å²) in [5, 5.41) is 2.77. The highest BCUT2D eigenvalue weighted by Gasteiger charge is 2.46. The van der Waals surface area contributed by atoms with Crippen molar-refractivity contribution in [1.29, 1.82) is 0 Å². The van der Waals surface area contributed by atoms with Gasteiger partial charge in [-0.05, 0) is 24.6 Å². The normalized spacial score (nSPS) is 22.0. The summed E-state index contributed by atoms with van der Waals surface area (Å²) in [6.45, 7) is 0.241. The van der Waals surface area contributed by atoms with Crippen LogP contribution in [0.25, 0.3) is 0 Å². The summed E-state index contributed by atoms with van der Waals surface area (Å²) in [5.41, 5.74) is 1.05. The monoisotopic (exact) mass is 340 g/mol. The molecule has 0 saturated carbocycles. The fourth-order valence-electron chi connectivity index (χ4n) is 3.29. The van der Waals surface area contributed by atoms with Gasteiger partial charge >= 0.3 is 5.97 Å². The highest BCUT2D eigenvalue weighted by molar-refractivity contribution is 5.96. The van der Waals surface area contributed by atoms with Crippen LogP contribution in [0.5, 0.6) is 0 Å². The smallest absolute Gasteiger partial charge is 0.340 e. The molecule has 0 spiro atoms. The average Bonchev–Trinajstić information content (AvgIpc) is 3.33. The van der Waals surface area contributed by atoms with Gasteiger partial charge in [-0.3, -0.25) is 14.5 Å². The largest absolute Gasteiger partial charge is 0.467 e. The van der Waals surface area contributed by atoms with E-state index >= 15 is 0 Å². The second-order valence-corrected chi connectivity index (χ2v) is 6.00. The molecule has 2 unspecified atom stereocenters. The van der Waals surface area contributed by atoms with E-state index in [0.717, 1.165) is 0 Å². The summed E-state index contributed by atoms with van der Waals surface area (Å²) in [4.78, 5) is 38.3. The molecule has 7 nitrogen and oxygen atoms in total. The predicted molar refractivity (Wildman–Crippen MR) is 85.0 cm³/mol. The fourth-order valence-corrected chi connectivity index (χ4v) is 3.29. The van der Waals surface area contributed by atoms with E-state index in [1.165, 1.54) is 11.2 Å². The Balaban J connectivity index is 1.54. The lowest BCUT2D eigenvalue weighted by atomic mass is 10.1. The molecule has 128 valence electrons. The van der Waals surface area contributed by atoms with Gasteiger partial charge in [0, 0.05) is 12.0 Å². The number of nitrogens with one attached hydrogen (secondary N) is 1. The SMILES string of the molecule is O=C1OC(N2C(=O)CCC2C(=O)NCc2ccco2)c2ccccc21. The van der Waals surface area contributed by atoms with Crippen LogP contribution >= 0.6 is 0 Å². The zero-order valence-electron chi connectivity index (χ0n) is 13.3. The van der Waals surface area contributed by atoms with Crippen molar-refractivity contribution < 1.29 is 23.5 Å². The molecule has 1 N–H and O–H groups in total. The summed E-state index contributed by atoms with van der Waals surface area (Å²) in [6.07, 6.45) is 1.31. The van der Waals surface area contributed by atoms with Gasteiger partial charge in [0.2, 0.25) is 18.0 Å². The lowest BCUT2D eigenvalue weighted by molar-refractivity contribution is -0.145. The van der Waals surface area contributed by atoms with Crippen LogP contribution in [0.2, 0.25) is 0 Å². The first-order chi connectivity index (χ1) is 12.1. The molecule has 25 heavy (non-hydrogen) atoms. The Morgan fingerprint density at radius 2 is 2.04 bits per heavy atom. The van der Waals surface area contributed by atoms with Gasteiger partial charge in [0.25, 0.3) is 0 Å². The van der Waals surface area contributed by atoms with Gasteiger partial charge in [0.15, 0.2) is 0 Å². The van der Waals surface area contributed by atoms with Crippen LogP contribution in [-0.4, -0.2) is 28.7 Å². The molecule has 3 heterocycles. The third-order valence-electron chi connectivity index (χ3n) is 4.49. The molecule has 1 aromatic heterocycles. The Kier molecular flexibility index (Phi) is 3.76. The van der Waals surface area contributed by atoms with Crippen molar-refractivity contribution in [1.82, 2.24) is 10.2 Å². The molecular formula is C18H16N2O5. The molecule has 0 aliphatic carbocycles. The minimum atomic E-state index is -0.849. The molecule has 2 aromatic rings. The summed E-state index contributed by atoms with van der Waals surface area (Å²) in [5.74, 6) is -0.341. The lowest BCUT2D eigenvalue weighted by Crippen LogP contribution is -2.46. The first-order valence-electron chi connectivity index (χ1n) is 8.06. The van der Waals surface area contributed by atoms with E-state index in [4.69, 9.17) is 9.15 Å². The first kappa shape index (κ1) is 15.4. The van der Waals surface area contributed by atoms with Gasteiger partial charge in [0.1, 0.15) is 11.8 Å². The van der Waals surface area contributed by atoms with Crippen LogP contribution in [0.4, 0.5) is 0 Å². The molecular weight excluding hydrogens is 324 g/mol. The topological polar surface area (TPSA) is 88.8 Å². The Hall–Kier alpha value is -3.09. The number of carbonyl (C=O) groups excluding carboxylic acids is 3. The lowest BCUT2D eigenvalue weighted by Gasteiger charge is -2.29. The zero-order chi connectivity index (χ0) is 17.4. The minimum Gasteiger partial charge on any atom is -0.467 e. The zero-order valence-corrected chi connectivity index (χ0v) is 13.3. The van der Waals surface area contributed by atoms with Gasteiger partial charge in [0.05, 0.1) is 18.4 Å². The first-order valence-corrected chi connectivity index (χ1v) is 8.06. The third-order valence-corrected chi connectivity index (χ3v) is 4.49. The number of cyclic esters (lactones) is 1. The van der Waals surface area contributed by atoms with Gasteiger partial charge in [-0.2, -0.15) is 0 Å². The molecule has 2 amide bonds. The predicted octanol–water partition coefficient (Wildman–Crippen LogP) is 1.76. The van der Waals surface area contributed by atoms with Gasteiger partial charge in [-0.1, -0.05) is 18.2 Å². The molecule has 1 saturated heterocycles. The molecule has 7 heteroatoms. The van der Waals surface area contributed by atoms with Crippen LogP contribution in [0.3, 0.4) is 0 Å². The van der Waals surface area contributed by atoms with Gasteiger partial charge in [-0.15, -0.1) is 0 Å². The molecule has 1 fully saturated rings. The number of esters is 1. The van der Waals surface area contributed by atoms with E-state index < -0.39 is 18.2 Å². The van der Waals surface area contributed by atoms with E-state index in [1.807, 2.05) is 0 Å². The number of fused-ring (bicyclic) bond motifs is 1. The van der Waals surface area contributed by atoms with E-state index in [0.29, 0.717) is 23.3 Å². The molecule has 0 radical (unpaired) electrons. The van der Waals surface area contributed by atoms with Crippen molar-refractivity contribution in [3.05, 3.63) is 59.5 Å². The standard InChI is InChI=1S/C18H16N2O5/c21-15-8-7-14(16(22)19-10-11-4-3-9-24-11)20(15)17-12-5-1-2-6-13(12)18(23)25-17/h1-6,9,14,17H,7-8,10H2,(H,19,22). The molecule has 2 atom stereocenters. The van der Waals surface area contributed by atoms with Crippen molar-refractivity contribution in [2.24, 2.45) is 0 Å². The maximum absolute atomic E-state index is 12.6. The molecule has 0 bridgehead atoms. The van der Waals surface area contributed by atoms with Crippen LogP contribution in [-0.2, 0) is 20.9 Å². The summed E-state index contributed by atoms with van der Waals surface area (Å²) >= 11 is 0. The molecule has 2 aliphatic heterocycles. The number of carbonyl (C=O) groups is 3. The van der Waals surface area contributed by atoms with Crippen molar-refractivity contribution in [2.75, 3.05) is 0 Å². The van der Waals surface area contributed by atoms with Crippen molar-refractivity contribution in [2.45, 2.75) is 31.7 Å². The maximum Gasteiger partial charge on any atom is 0.340 e. The number of hydrogen-bond donors (Lipinski definition) is 1. The third kappa shape index (κ3) is 2.67. The molecule has 4 rings (SSSR count). The van der Waals surface area contributed by atoms with E-state index in [1.54, 1.807) is 36.4 Å². The number of hydrogen-bond acceptors (Lipinski definition) is 5. The van der Waals surface area contributed by atoms with E-state index in [2.05, 4.69) is 5.32 Å². The van der Waals surface area contributed by atoms with Crippen LogP contribution in [0, 0.1) is 0 Å². The number of benzene rings is 1. The van der Waals surface area contributed by atoms with Crippen molar-refractivity contribution in [3.63, 3.8) is 0 Å². The van der Waals surface area contributed by atoms with Gasteiger partial charge in [-0.25, -0.2) is 4.79 Å². The average molecular weight is 340 g/mol. The van der Waals surface area contributed by atoms with Crippen molar-refractivity contribution >= 4 is 17.8 Å². The van der Waals surface area contributed by atoms with Crippen molar-refractivity contribution in [3.8, 4) is 0 Å². The number of amides is 2. The Morgan fingerprint density at radius 1 is 1.20 bits per heavy atom. The number of nitrogens with zero attached hydrogens (tertiary/aromatic N) is 1. The maximum atomic E-state index is 12.6. The fraction of sp³-hybridized carbons (Fsp3) is 0.278. The van der Waals surface area contributed by atoms with Crippen LogP contribution < -0.4 is 5.32 Å². The highest BCUT2D eigenvalue weighted by Crippen LogP contribution is 2.38. The Labute approximate surface area is 143 Å². The Morgan fingerprint density at radius 3 is 2.84 bits per heavy atom. The van der Waals surface area contributed by atoms with Gasteiger partial charge < -0.3 is 14.5 Å². The second kappa shape index (κ2) is 6.08. The number of furan rings is 1. The number of rotatable bonds is 4. The van der Waals surface area contributed by atoms with E-state index in [-0.39, 0.29) is 24.8 Å². The minimum absolute atomic E-state index is 0.201. The molecule has 1 aromatic carbocycles.